The Balaban J connectivity index is 2.03. The maximum atomic E-state index is 12.2. The van der Waals surface area contributed by atoms with Crippen molar-refractivity contribution in [3.8, 4) is 12.3 Å². The molecule has 0 fully saturated rings. The summed E-state index contributed by atoms with van der Waals surface area (Å²) in [5.41, 5.74) is 0.501. The molecule has 0 atom stereocenters. The van der Waals surface area contributed by atoms with Crippen molar-refractivity contribution in [2.45, 2.75) is 32.2 Å². The summed E-state index contributed by atoms with van der Waals surface area (Å²) in [7, 11) is 0. The first-order chi connectivity index (χ1) is 11.4. The number of amides is 1. The second-order valence-corrected chi connectivity index (χ2v) is 6.37. The molecule has 6 heteroatoms. The lowest BCUT2D eigenvalue weighted by Gasteiger charge is -2.26. The van der Waals surface area contributed by atoms with Crippen LogP contribution < -0.4 is 5.32 Å². The predicted octanol–water partition coefficient (Wildman–Crippen LogP) is 3.40. The zero-order valence-corrected chi connectivity index (χ0v) is 15.2. The van der Waals surface area contributed by atoms with E-state index >= 15 is 0 Å². The van der Waals surface area contributed by atoms with Crippen LogP contribution in [0.4, 0.5) is 0 Å². The fourth-order valence-corrected chi connectivity index (χ4v) is 2.80. The fraction of sp³-hybridized carbons (Fsp3) is 0.333. The summed E-state index contributed by atoms with van der Waals surface area (Å²) in [4.78, 5) is 27.3. The van der Waals surface area contributed by atoms with Gasteiger partial charge in [-0.2, -0.15) is 0 Å². The average Bonchev–Trinajstić information content (AvgIpc) is 3.00. The van der Waals surface area contributed by atoms with Crippen molar-refractivity contribution < 1.29 is 14.3 Å². The molecule has 1 heterocycles. The molecule has 0 bridgehead atoms. The third-order valence-corrected chi connectivity index (χ3v) is 4.55. The van der Waals surface area contributed by atoms with Gasteiger partial charge < -0.3 is 15.0 Å². The normalized spacial score (nSPS) is 11.1. The number of carbonyl (C=O) groups excluding carboxylic acids is 2. The molecule has 2 rings (SSSR count). The lowest BCUT2D eigenvalue weighted by Crippen LogP contribution is -2.48. The maximum absolute atomic E-state index is 12.2. The number of rotatable bonds is 6. The van der Waals surface area contributed by atoms with Gasteiger partial charge in [0.15, 0.2) is 6.61 Å². The van der Waals surface area contributed by atoms with Gasteiger partial charge in [0.25, 0.3) is 5.91 Å². The first kappa shape index (κ1) is 18.1. The van der Waals surface area contributed by atoms with E-state index in [1.54, 1.807) is 6.20 Å². The van der Waals surface area contributed by atoms with Crippen molar-refractivity contribution in [1.82, 2.24) is 10.3 Å². The Morgan fingerprint density at radius 2 is 2.08 bits per heavy atom. The van der Waals surface area contributed by atoms with Crippen molar-refractivity contribution in [2.75, 3.05) is 6.61 Å². The summed E-state index contributed by atoms with van der Waals surface area (Å²) in [5, 5.41) is 3.49. The number of nitrogens with one attached hydrogen (secondary N) is 2. The molecule has 24 heavy (non-hydrogen) atoms. The molecule has 5 nitrogen and oxygen atoms in total. The molecule has 0 saturated carbocycles. The van der Waals surface area contributed by atoms with Gasteiger partial charge in [-0.25, -0.2) is 4.79 Å². The maximum Gasteiger partial charge on any atom is 0.340 e. The molecule has 0 saturated heterocycles. The van der Waals surface area contributed by atoms with Crippen molar-refractivity contribution in [3.05, 3.63) is 34.4 Å². The summed E-state index contributed by atoms with van der Waals surface area (Å²) in [6.45, 7) is 3.43. The average molecular weight is 391 g/mol. The van der Waals surface area contributed by atoms with Crippen LogP contribution in [-0.4, -0.2) is 29.0 Å². The van der Waals surface area contributed by atoms with Crippen molar-refractivity contribution in [2.24, 2.45) is 0 Å². The lowest BCUT2D eigenvalue weighted by molar-refractivity contribution is -0.125. The van der Waals surface area contributed by atoms with Crippen LogP contribution in [0.5, 0.6) is 0 Å². The molecule has 0 radical (unpaired) electrons. The molecule has 2 N–H and O–H groups in total. The first-order valence-electron chi connectivity index (χ1n) is 7.67. The van der Waals surface area contributed by atoms with Gasteiger partial charge in [-0.05, 0) is 31.0 Å². The van der Waals surface area contributed by atoms with Crippen LogP contribution in [0.25, 0.3) is 10.9 Å². The summed E-state index contributed by atoms with van der Waals surface area (Å²) in [6, 6.07) is 5.54. The molecular formula is C18H19BrN2O3. The number of hydrogen-bond donors (Lipinski definition) is 2. The first-order valence-corrected chi connectivity index (χ1v) is 8.46. The Bertz CT molecular complexity index is 800. The van der Waals surface area contributed by atoms with E-state index in [0.717, 1.165) is 15.4 Å². The number of halogens is 1. The third-order valence-electron chi connectivity index (χ3n) is 4.06. The van der Waals surface area contributed by atoms with E-state index in [9.17, 15) is 9.59 Å². The topological polar surface area (TPSA) is 71.2 Å². The van der Waals surface area contributed by atoms with E-state index in [1.807, 2.05) is 32.0 Å². The van der Waals surface area contributed by atoms with E-state index in [-0.39, 0.29) is 6.61 Å². The van der Waals surface area contributed by atoms with Crippen LogP contribution in [0.15, 0.2) is 28.9 Å². The van der Waals surface area contributed by atoms with Crippen molar-refractivity contribution in [3.63, 3.8) is 0 Å². The smallest absolute Gasteiger partial charge is 0.340 e. The zero-order chi connectivity index (χ0) is 17.7. The molecule has 0 aliphatic heterocycles. The highest BCUT2D eigenvalue weighted by molar-refractivity contribution is 9.10. The molecule has 1 aromatic carbocycles. The predicted molar refractivity (Wildman–Crippen MR) is 96.6 cm³/mol. The number of aromatic amines is 1. The van der Waals surface area contributed by atoms with Gasteiger partial charge in [0.05, 0.1) is 5.56 Å². The second-order valence-electron chi connectivity index (χ2n) is 5.45. The number of ether oxygens (including phenoxy) is 1. The minimum atomic E-state index is -0.699. The molecule has 1 amide bonds. The number of hydrogen-bond acceptors (Lipinski definition) is 3. The minimum absolute atomic E-state index is 0.372. The standard InChI is InChI=1S/C18H19BrN2O3/c1-4-18(5-2,6-3)21-16(22)11-24-17(23)14-10-20-15-8-7-12(19)9-13(14)15/h1,7-10,20H,5-6,11H2,2-3H3,(H,21,22). The van der Waals surface area contributed by atoms with E-state index in [0.29, 0.717) is 18.4 Å². The van der Waals surface area contributed by atoms with Gasteiger partial charge in [-0.15, -0.1) is 6.42 Å². The summed E-state index contributed by atoms with van der Waals surface area (Å²) >= 11 is 3.37. The molecular weight excluding hydrogens is 372 g/mol. The zero-order valence-electron chi connectivity index (χ0n) is 13.6. The highest BCUT2D eigenvalue weighted by atomic mass is 79.9. The van der Waals surface area contributed by atoms with Gasteiger partial charge in [0, 0.05) is 21.6 Å². The quantitative estimate of drug-likeness (QED) is 0.586. The number of benzene rings is 1. The number of aromatic nitrogens is 1. The van der Waals surface area contributed by atoms with Crippen LogP contribution in [0.1, 0.15) is 37.0 Å². The van der Waals surface area contributed by atoms with Gasteiger partial charge in [0.1, 0.15) is 5.54 Å². The Morgan fingerprint density at radius 3 is 2.71 bits per heavy atom. The van der Waals surface area contributed by atoms with E-state index in [2.05, 4.69) is 32.2 Å². The summed E-state index contributed by atoms with van der Waals surface area (Å²) < 4.78 is 5.97. The lowest BCUT2D eigenvalue weighted by atomic mass is 9.94. The summed E-state index contributed by atoms with van der Waals surface area (Å²) in [6.07, 6.45) is 8.29. The van der Waals surface area contributed by atoms with Crippen molar-refractivity contribution in [1.29, 1.82) is 0 Å². The number of fused-ring (bicyclic) bond motifs is 1. The number of H-pyrrole nitrogens is 1. The third kappa shape index (κ3) is 3.80. The largest absolute Gasteiger partial charge is 0.452 e. The van der Waals surface area contributed by atoms with Gasteiger partial charge in [-0.3, -0.25) is 4.79 Å². The molecule has 0 spiro atoms. The van der Waals surface area contributed by atoms with Gasteiger partial charge >= 0.3 is 5.97 Å². The molecule has 126 valence electrons. The molecule has 1 aromatic heterocycles. The van der Waals surface area contributed by atoms with Crippen LogP contribution >= 0.6 is 15.9 Å². The molecule has 0 aliphatic rings. The second kappa shape index (κ2) is 7.54. The Kier molecular flexibility index (Phi) is 5.68. The number of esters is 1. The van der Waals surface area contributed by atoms with Crippen LogP contribution in [-0.2, 0) is 9.53 Å². The SMILES string of the molecule is C#CC(CC)(CC)NC(=O)COC(=O)c1c[nH]c2ccc(Br)cc12. The minimum Gasteiger partial charge on any atom is -0.452 e. The van der Waals surface area contributed by atoms with E-state index < -0.39 is 17.4 Å². The fourth-order valence-electron chi connectivity index (χ4n) is 2.44. The Labute approximate surface area is 149 Å². The number of terminal acetylenes is 1. The van der Waals surface area contributed by atoms with E-state index in [1.165, 1.54) is 0 Å². The van der Waals surface area contributed by atoms with Gasteiger partial charge in [0.2, 0.25) is 0 Å². The molecule has 0 aliphatic carbocycles. The molecule has 0 unspecified atom stereocenters. The monoisotopic (exact) mass is 390 g/mol. The Hall–Kier alpha value is -2.26. The molecule has 2 aromatic rings. The highest BCUT2D eigenvalue weighted by Crippen LogP contribution is 2.23. The number of carbonyl (C=O) groups is 2. The van der Waals surface area contributed by atoms with Crippen LogP contribution in [0.3, 0.4) is 0 Å². The summed E-state index contributed by atoms with van der Waals surface area (Å²) in [5.74, 6) is 1.64. The Morgan fingerprint density at radius 1 is 1.38 bits per heavy atom. The van der Waals surface area contributed by atoms with Crippen molar-refractivity contribution >= 4 is 38.7 Å². The van der Waals surface area contributed by atoms with E-state index in [4.69, 9.17) is 11.2 Å². The van der Waals surface area contributed by atoms with Crippen LogP contribution in [0, 0.1) is 12.3 Å². The highest BCUT2D eigenvalue weighted by Gasteiger charge is 2.26. The van der Waals surface area contributed by atoms with Gasteiger partial charge in [-0.1, -0.05) is 35.7 Å². The van der Waals surface area contributed by atoms with Crippen LogP contribution in [0.2, 0.25) is 0 Å².